The number of piperidine rings is 1. The highest BCUT2D eigenvalue weighted by molar-refractivity contribution is 5.93. The van der Waals surface area contributed by atoms with Crippen molar-refractivity contribution in [3.05, 3.63) is 59.4 Å². The first-order chi connectivity index (χ1) is 13.1. The van der Waals surface area contributed by atoms with E-state index in [-0.39, 0.29) is 5.91 Å². The summed E-state index contributed by atoms with van der Waals surface area (Å²) in [5, 5.41) is 11.5. The minimum atomic E-state index is 0.0227. The lowest BCUT2D eigenvalue weighted by Crippen LogP contribution is -2.38. The molecule has 3 aromatic heterocycles. The number of carbonyl (C=O) groups is 1. The predicted octanol–water partition coefficient (Wildman–Crippen LogP) is 3.16. The molecule has 3 aromatic rings. The van der Waals surface area contributed by atoms with E-state index in [9.17, 15) is 4.79 Å². The molecule has 4 heterocycles. The largest absolute Gasteiger partial charge is 0.361 e. The molecule has 27 heavy (non-hydrogen) atoms. The van der Waals surface area contributed by atoms with Crippen LogP contribution in [0.1, 0.15) is 46.1 Å². The fourth-order valence-electron chi connectivity index (χ4n) is 3.70. The van der Waals surface area contributed by atoms with Gasteiger partial charge in [0.15, 0.2) is 0 Å². The van der Waals surface area contributed by atoms with Crippen LogP contribution < -0.4 is 0 Å². The summed E-state index contributed by atoms with van der Waals surface area (Å²) in [6.07, 6.45) is 6.77. The summed E-state index contributed by atoms with van der Waals surface area (Å²) >= 11 is 0. The average molecular weight is 363 g/mol. The van der Waals surface area contributed by atoms with Crippen LogP contribution in [0.15, 0.2) is 41.3 Å². The Morgan fingerprint density at radius 2 is 1.96 bits per heavy atom. The van der Waals surface area contributed by atoms with Crippen LogP contribution in [0.25, 0.3) is 11.3 Å². The number of amides is 1. The second-order valence-electron chi connectivity index (χ2n) is 6.87. The van der Waals surface area contributed by atoms with Crippen LogP contribution >= 0.6 is 0 Å². The maximum atomic E-state index is 12.6. The molecule has 0 N–H and O–H groups in total. The molecule has 1 fully saturated rings. The van der Waals surface area contributed by atoms with Crippen LogP contribution in [0.3, 0.4) is 0 Å². The molecule has 0 unspecified atom stereocenters. The first kappa shape index (κ1) is 17.3. The molecule has 0 saturated carbocycles. The minimum absolute atomic E-state index is 0.0227. The van der Waals surface area contributed by atoms with E-state index < -0.39 is 0 Å². The van der Waals surface area contributed by atoms with Crippen molar-refractivity contribution < 1.29 is 9.32 Å². The molecule has 0 radical (unpaired) electrons. The Morgan fingerprint density at radius 3 is 2.63 bits per heavy atom. The SMILES string of the molecule is Cc1noc(C)c1-c1cc(C2CCN(C(=O)c3ccnnc3)CC2)ccn1. The summed E-state index contributed by atoms with van der Waals surface area (Å²) in [4.78, 5) is 19.0. The fourth-order valence-corrected chi connectivity index (χ4v) is 3.70. The monoisotopic (exact) mass is 363 g/mol. The third kappa shape index (κ3) is 3.45. The molecular formula is C20H21N5O2. The van der Waals surface area contributed by atoms with Gasteiger partial charge in [0, 0.05) is 19.3 Å². The van der Waals surface area contributed by atoms with Gasteiger partial charge in [-0.15, -0.1) is 0 Å². The van der Waals surface area contributed by atoms with Crippen molar-refractivity contribution >= 4 is 5.91 Å². The molecule has 0 aromatic carbocycles. The van der Waals surface area contributed by atoms with Crippen molar-refractivity contribution in [2.24, 2.45) is 0 Å². The van der Waals surface area contributed by atoms with Gasteiger partial charge in [0.25, 0.3) is 5.91 Å². The molecule has 4 rings (SSSR count). The molecule has 1 aliphatic rings. The van der Waals surface area contributed by atoms with Gasteiger partial charge in [-0.2, -0.15) is 10.2 Å². The molecule has 0 bridgehead atoms. The van der Waals surface area contributed by atoms with Gasteiger partial charge >= 0.3 is 0 Å². The summed E-state index contributed by atoms with van der Waals surface area (Å²) < 4.78 is 5.27. The van der Waals surface area contributed by atoms with Gasteiger partial charge in [-0.3, -0.25) is 9.78 Å². The van der Waals surface area contributed by atoms with Crippen LogP contribution in [0.5, 0.6) is 0 Å². The molecule has 0 spiro atoms. The number of carbonyl (C=O) groups excluding carboxylic acids is 1. The highest BCUT2D eigenvalue weighted by Gasteiger charge is 2.25. The standard InChI is InChI=1S/C20H21N5O2/c1-13-19(14(2)27-24-13)18-11-16(3-7-21-18)15-5-9-25(10-6-15)20(26)17-4-8-22-23-12-17/h3-4,7-8,11-12,15H,5-6,9-10H2,1-2H3. The van der Waals surface area contributed by atoms with Crippen LogP contribution in [-0.2, 0) is 0 Å². The first-order valence-electron chi connectivity index (χ1n) is 9.08. The highest BCUT2D eigenvalue weighted by atomic mass is 16.5. The minimum Gasteiger partial charge on any atom is -0.361 e. The summed E-state index contributed by atoms with van der Waals surface area (Å²) in [6.45, 7) is 5.30. The van der Waals surface area contributed by atoms with Crippen molar-refractivity contribution in [2.45, 2.75) is 32.6 Å². The van der Waals surface area contributed by atoms with Crippen molar-refractivity contribution in [1.29, 1.82) is 0 Å². The van der Waals surface area contributed by atoms with E-state index in [0.29, 0.717) is 11.5 Å². The molecule has 7 heteroatoms. The van der Waals surface area contributed by atoms with Gasteiger partial charge in [0.1, 0.15) is 5.76 Å². The van der Waals surface area contributed by atoms with Gasteiger partial charge in [-0.1, -0.05) is 5.16 Å². The Morgan fingerprint density at radius 1 is 1.15 bits per heavy atom. The number of nitrogens with zero attached hydrogens (tertiary/aromatic N) is 5. The molecule has 7 nitrogen and oxygen atoms in total. The van der Waals surface area contributed by atoms with E-state index in [1.54, 1.807) is 12.3 Å². The summed E-state index contributed by atoms with van der Waals surface area (Å²) in [7, 11) is 0. The second-order valence-corrected chi connectivity index (χ2v) is 6.87. The van der Waals surface area contributed by atoms with Crippen molar-refractivity contribution in [3.63, 3.8) is 0 Å². The molecule has 138 valence electrons. The zero-order valence-corrected chi connectivity index (χ0v) is 15.4. The van der Waals surface area contributed by atoms with E-state index in [2.05, 4.69) is 32.5 Å². The lowest BCUT2D eigenvalue weighted by atomic mass is 9.89. The Kier molecular flexibility index (Phi) is 4.66. The Balaban J connectivity index is 1.47. The highest BCUT2D eigenvalue weighted by Crippen LogP contribution is 2.32. The Bertz CT molecular complexity index is 927. The Hall–Kier alpha value is -3.09. The first-order valence-corrected chi connectivity index (χ1v) is 9.08. The predicted molar refractivity (Wildman–Crippen MR) is 99.1 cm³/mol. The van der Waals surface area contributed by atoms with E-state index in [4.69, 9.17) is 4.52 Å². The van der Waals surface area contributed by atoms with Gasteiger partial charge in [0.2, 0.25) is 0 Å². The third-order valence-corrected chi connectivity index (χ3v) is 5.16. The van der Waals surface area contributed by atoms with Gasteiger partial charge in [0.05, 0.1) is 34.9 Å². The van der Waals surface area contributed by atoms with Crippen molar-refractivity contribution in [2.75, 3.05) is 13.1 Å². The molecule has 1 amide bonds. The van der Waals surface area contributed by atoms with Gasteiger partial charge in [-0.25, -0.2) is 0 Å². The van der Waals surface area contributed by atoms with Crippen LogP contribution in [0.4, 0.5) is 0 Å². The number of rotatable bonds is 3. The second kappa shape index (κ2) is 7.26. The van der Waals surface area contributed by atoms with E-state index in [1.807, 2.05) is 24.9 Å². The van der Waals surface area contributed by atoms with Crippen molar-refractivity contribution in [1.82, 2.24) is 25.2 Å². The molecule has 0 aliphatic carbocycles. The zero-order valence-electron chi connectivity index (χ0n) is 15.4. The smallest absolute Gasteiger partial charge is 0.255 e. The molecule has 1 aliphatic heterocycles. The molecule has 0 atom stereocenters. The van der Waals surface area contributed by atoms with Gasteiger partial charge in [-0.05, 0) is 56.4 Å². The maximum absolute atomic E-state index is 12.6. The van der Waals surface area contributed by atoms with Crippen LogP contribution in [0, 0.1) is 13.8 Å². The van der Waals surface area contributed by atoms with Crippen LogP contribution in [-0.4, -0.2) is 44.2 Å². The number of aryl methyl sites for hydroxylation is 2. The zero-order chi connectivity index (χ0) is 18.8. The van der Waals surface area contributed by atoms with Gasteiger partial charge < -0.3 is 9.42 Å². The maximum Gasteiger partial charge on any atom is 0.255 e. The quantitative estimate of drug-likeness (QED) is 0.710. The van der Waals surface area contributed by atoms with E-state index in [1.165, 1.54) is 11.8 Å². The summed E-state index contributed by atoms with van der Waals surface area (Å²) in [5.41, 5.74) is 4.55. The summed E-state index contributed by atoms with van der Waals surface area (Å²) in [5.74, 6) is 1.21. The average Bonchev–Trinajstić information content (AvgIpc) is 3.06. The molecule has 1 saturated heterocycles. The number of hydrogen-bond donors (Lipinski definition) is 0. The van der Waals surface area contributed by atoms with E-state index in [0.717, 1.165) is 48.6 Å². The normalized spacial score (nSPS) is 15.1. The summed E-state index contributed by atoms with van der Waals surface area (Å²) in [6, 6.07) is 5.90. The lowest BCUT2D eigenvalue weighted by Gasteiger charge is -2.32. The number of hydrogen-bond acceptors (Lipinski definition) is 6. The number of likely N-dealkylation sites (tertiary alicyclic amines) is 1. The molecular weight excluding hydrogens is 342 g/mol. The van der Waals surface area contributed by atoms with E-state index >= 15 is 0 Å². The Labute approximate surface area is 157 Å². The fraction of sp³-hybridized carbons (Fsp3) is 0.350. The third-order valence-electron chi connectivity index (χ3n) is 5.16. The number of pyridine rings is 1. The van der Waals surface area contributed by atoms with Crippen LogP contribution in [0.2, 0.25) is 0 Å². The lowest BCUT2D eigenvalue weighted by molar-refractivity contribution is 0.0712. The number of aromatic nitrogens is 4. The topological polar surface area (TPSA) is 85.0 Å². The van der Waals surface area contributed by atoms with Crippen molar-refractivity contribution in [3.8, 4) is 11.3 Å².